The maximum absolute atomic E-state index is 12.9. The number of benzene rings is 1. The van der Waals surface area contributed by atoms with E-state index in [0.717, 1.165) is 24.2 Å². The molecule has 0 aliphatic carbocycles. The lowest BCUT2D eigenvalue weighted by molar-refractivity contribution is -0.135. The van der Waals surface area contributed by atoms with Gasteiger partial charge in [0.15, 0.2) is 0 Å². The van der Waals surface area contributed by atoms with Crippen LogP contribution >= 0.6 is 0 Å². The average molecular weight is 413 g/mol. The van der Waals surface area contributed by atoms with Gasteiger partial charge in [-0.1, -0.05) is 66.2 Å². The van der Waals surface area contributed by atoms with Crippen molar-refractivity contribution in [3.05, 3.63) is 42.1 Å². The molecule has 2 rings (SSSR count). The van der Waals surface area contributed by atoms with Gasteiger partial charge < -0.3 is 10.2 Å². The number of nitrogens with zero attached hydrogens (tertiary/aromatic N) is 3. The molecule has 0 unspecified atom stereocenters. The number of carbonyl (C=O) groups excluding carboxylic acids is 2. The summed E-state index contributed by atoms with van der Waals surface area (Å²) in [5, 5.41) is 7.71. The second-order valence-corrected chi connectivity index (χ2v) is 9.23. The van der Waals surface area contributed by atoms with E-state index < -0.39 is 0 Å². The highest BCUT2D eigenvalue weighted by molar-refractivity contribution is 5.94. The first-order valence-corrected chi connectivity index (χ1v) is 10.9. The number of amides is 2. The van der Waals surface area contributed by atoms with Crippen molar-refractivity contribution in [2.45, 2.75) is 66.2 Å². The number of unbranched alkanes of at least 4 members (excludes halogenated alkanes) is 1. The molecular weight excluding hydrogens is 376 g/mol. The Morgan fingerprint density at radius 2 is 1.83 bits per heavy atom. The number of carbonyl (C=O) groups is 2. The van der Waals surface area contributed by atoms with Crippen molar-refractivity contribution >= 4 is 17.6 Å². The second kappa shape index (κ2) is 10.4. The normalized spacial score (nSPS) is 11.6. The van der Waals surface area contributed by atoms with Gasteiger partial charge in [0, 0.05) is 24.4 Å². The van der Waals surface area contributed by atoms with Crippen LogP contribution in [0.15, 0.2) is 36.4 Å². The van der Waals surface area contributed by atoms with E-state index in [0.29, 0.717) is 24.7 Å². The smallest absolute Gasteiger partial charge is 0.245 e. The first kappa shape index (κ1) is 23.6. The molecule has 1 N–H and O–H groups in total. The summed E-state index contributed by atoms with van der Waals surface area (Å²) in [4.78, 5) is 27.1. The second-order valence-electron chi connectivity index (χ2n) is 9.23. The Hall–Kier alpha value is -2.63. The fourth-order valence-electron chi connectivity index (χ4n) is 3.14. The van der Waals surface area contributed by atoms with Gasteiger partial charge in [0.05, 0.1) is 17.9 Å². The molecule has 0 radical (unpaired) electrons. The van der Waals surface area contributed by atoms with Crippen LogP contribution in [0.4, 0.5) is 5.82 Å². The van der Waals surface area contributed by atoms with E-state index in [9.17, 15) is 9.59 Å². The zero-order valence-corrected chi connectivity index (χ0v) is 19.2. The van der Waals surface area contributed by atoms with Crippen LogP contribution in [0.5, 0.6) is 0 Å². The van der Waals surface area contributed by atoms with Crippen LogP contribution in [0.25, 0.3) is 5.69 Å². The molecule has 0 aliphatic rings. The van der Waals surface area contributed by atoms with Crippen LogP contribution in [0.3, 0.4) is 0 Å². The summed E-state index contributed by atoms with van der Waals surface area (Å²) in [5.41, 5.74) is 1.61. The van der Waals surface area contributed by atoms with Gasteiger partial charge in [0.25, 0.3) is 0 Å². The van der Waals surface area contributed by atoms with Gasteiger partial charge in [-0.05, 0) is 24.5 Å². The molecule has 0 atom stereocenters. The molecule has 0 spiro atoms. The zero-order valence-electron chi connectivity index (χ0n) is 19.2. The molecular formula is C24H36N4O2. The predicted octanol–water partition coefficient (Wildman–Crippen LogP) is 4.78. The van der Waals surface area contributed by atoms with Crippen LogP contribution < -0.4 is 5.32 Å². The van der Waals surface area contributed by atoms with E-state index in [-0.39, 0.29) is 23.8 Å². The predicted molar refractivity (Wildman–Crippen MR) is 122 cm³/mol. The summed E-state index contributed by atoms with van der Waals surface area (Å²) in [6.07, 6.45) is 2.27. The summed E-state index contributed by atoms with van der Waals surface area (Å²) in [6, 6.07) is 11.6. The van der Waals surface area contributed by atoms with Crippen LogP contribution in [-0.2, 0) is 15.0 Å². The third kappa shape index (κ3) is 6.71. The number of hydrogen-bond acceptors (Lipinski definition) is 3. The van der Waals surface area contributed by atoms with Crippen LogP contribution in [0, 0.1) is 5.92 Å². The van der Waals surface area contributed by atoms with E-state index in [1.807, 2.05) is 36.4 Å². The molecule has 6 heteroatoms. The number of hydrogen-bond donors (Lipinski definition) is 1. The SMILES string of the molecule is CCCCC(=O)N(CC(=O)Nc1cc(C(C)(C)C)nn1-c1ccccc1)CC(C)C. The van der Waals surface area contributed by atoms with Crippen molar-refractivity contribution in [2.24, 2.45) is 5.92 Å². The van der Waals surface area contributed by atoms with Crippen molar-refractivity contribution in [1.29, 1.82) is 0 Å². The van der Waals surface area contributed by atoms with Crippen LogP contribution in [0.1, 0.15) is 66.5 Å². The largest absolute Gasteiger partial charge is 0.333 e. The highest BCUT2D eigenvalue weighted by atomic mass is 16.2. The molecule has 1 aromatic carbocycles. The first-order valence-electron chi connectivity index (χ1n) is 10.9. The lowest BCUT2D eigenvalue weighted by Crippen LogP contribution is -2.40. The molecule has 164 valence electrons. The molecule has 0 fully saturated rings. The number of rotatable bonds is 9. The third-order valence-electron chi connectivity index (χ3n) is 4.76. The van der Waals surface area contributed by atoms with Gasteiger partial charge >= 0.3 is 0 Å². The Morgan fingerprint density at radius 3 is 2.40 bits per heavy atom. The molecule has 30 heavy (non-hydrogen) atoms. The zero-order chi connectivity index (χ0) is 22.3. The summed E-state index contributed by atoms with van der Waals surface area (Å²) < 4.78 is 1.75. The monoisotopic (exact) mass is 412 g/mol. The van der Waals surface area contributed by atoms with Gasteiger partial charge in [-0.2, -0.15) is 5.10 Å². The molecule has 2 aromatic rings. The number of aromatic nitrogens is 2. The van der Waals surface area contributed by atoms with Gasteiger partial charge in [0.2, 0.25) is 11.8 Å². The lowest BCUT2D eigenvalue weighted by Gasteiger charge is -2.24. The van der Waals surface area contributed by atoms with Crippen LogP contribution in [-0.4, -0.2) is 39.6 Å². The molecule has 0 saturated carbocycles. The number of para-hydroxylation sites is 1. The maximum atomic E-state index is 12.9. The number of nitrogens with one attached hydrogen (secondary N) is 1. The minimum atomic E-state index is -0.210. The Bertz CT molecular complexity index is 835. The Morgan fingerprint density at radius 1 is 1.17 bits per heavy atom. The minimum Gasteiger partial charge on any atom is -0.333 e. The van der Waals surface area contributed by atoms with E-state index in [2.05, 4.69) is 46.9 Å². The third-order valence-corrected chi connectivity index (χ3v) is 4.76. The average Bonchev–Trinajstić information content (AvgIpc) is 3.10. The first-order chi connectivity index (χ1) is 14.1. The molecule has 0 bridgehead atoms. The maximum Gasteiger partial charge on any atom is 0.245 e. The summed E-state index contributed by atoms with van der Waals surface area (Å²) in [6.45, 7) is 13.1. The van der Waals surface area contributed by atoms with E-state index in [1.165, 1.54) is 0 Å². The summed E-state index contributed by atoms with van der Waals surface area (Å²) in [7, 11) is 0. The quantitative estimate of drug-likeness (QED) is 0.644. The van der Waals surface area contributed by atoms with Crippen molar-refractivity contribution in [1.82, 2.24) is 14.7 Å². The highest BCUT2D eigenvalue weighted by Gasteiger charge is 2.23. The lowest BCUT2D eigenvalue weighted by atomic mass is 9.92. The van der Waals surface area contributed by atoms with Gasteiger partial charge in [0.1, 0.15) is 5.82 Å². The molecule has 2 amide bonds. The van der Waals surface area contributed by atoms with Gasteiger partial charge in [-0.25, -0.2) is 4.68 Å². The molecule has 1 heterocycles. The molecule has 6 nitrogen and oxygen atoms in total. The van der Waals surface area contributed by atoms with Gasteiger partial charge in [-0.3, -0.25) is 9.59 Å². The fraction of sp³-hybridized carbons (Fsp3) is 0.542. The van der Waals surface area contributed by atoms with Crippen molar-refractivity contribution in [3.63, 3.8) is 0 Å². The summed E-state index contributed by atoms with van der Waals surface area (Å²) in [5.74, 6) is 0.734. The van der Waals surface area contributed by atoms with E-state index >= 15 is 0 Å². The minimum absolute atomic E-state index is 0.0349. The van der Waals surface area contributed by atoms with E-state index in [1.54, 1.807) is 9.58 Å². The fourth-order valence-corrected chi connectivity index (χ4v) is 3.14. The molecule has 0 aliphatic heterocycles. The Labute approximate surface area is 180 Å². The van der Waals surface area contributed by atoms with Crippen LogP contribution in [0.2, 0.25) is 0 Å². The Balaban J connectivity index is 2.23. The van der Waals surface area contributed by atoms with Crippen molar-refractivity contribution in [3.8, 4) is 5.69 Å². The standard InChI is InChI=1S/C24H36N4O2/c1-7-8-14-23(30)27(16-18(2)3)17-22(29)25-21-15-20(24(4,5)6)26-28(21)19-12-10-9-11-13-19/h9-13,15,18H,7-8,14,16-17H2,1-6H3,(H,25,29). The van der Waals surface area contributed by atoms with Gasteiger partial charge in [-0.15, -0.1) is 0 Å². The molecule has 0 saturated heterocycles. The number of anilines is 1. The van der Waals surface area contributed by atoms with Crippen molar-refractivity contribution < 1.29 is 9.59 Å². The topological polar surface area (TPSA) is 67.2 Å². The van der Waals surface area contributed by atoms with Crippen molar-refractivity contribution in [2.75, 3.05) is 18.4 Å². The molecule has 1 aromatic heterocycles. The van der Waals surface area contributed by atoms with E-state index in [4.69, 9.17) is 5.10 Å². The highest BCUT2D eigenvalue weighted by Crippen LogP contribution is 2.26. The summed E-state index contributed by atoms with van der Waals surface area (Å²) >= 11 is 0. The Kier molecular flexibility index (Phi) is 8.21.